The van der Waals surface area contributed by atoms with Crippen molar-refractivity contribution in [3.63, 3.8) is 0 Å². The van der Waals surface area contributed by atoms with Crippen molar-refractivity contribution in [2.45, 2.75) is 13.5 Å². The molecule has 2 amide bonds. The average Bonchev–Trinajstić information content (AvgIpc) is 2.89. The Labute approximate surface area is 126 Å². The van der Waals surface area contributed by atoms with Gasteiger partial charge in [-0.15, -0.1) is 0 Å². The quantitative estimate of drug-likeness (QED) is 0.832. The number of nitrogens with two attached hydrogens (primary N) is 1. The second-order valence-corrected chi connectivity index (χ2v) is 4.64. The van der Waals surface area contributed by atoms with E-state index in [2.05, 4.69) is 10.1 Å². The maximum Gasteiger partial charge on any atom is 0.257 e. The normalized spacial score (nSPS) is 10.3. The van der Waals surface area contributed by atoms with Crippen LogP contribution in [0.1, 0.15) is 22.1 Å². The largest absolute Gasteiger partial charge is 0.485 e. The Kier molecular flexibility index (Phi) is 4.72. The van der Waals surface area contributed by atoms with Crippen LogP contribution in [0.15, 0.2) is 28.8 Å². The van der Waals surface area contributed by atoms with Gasteiger partial charge < -0.3 is 19.9 Å². The lowest BCUT2D eigenvalue weighted by Gasteiger charge is -2.17. The third-order valence-corrected chi connectivity index (χ3v) is 2.78. The number of amides is 2. The number of para-hydroxylation sites is 1. The highest BCUT2D eigenvalue weighted by Crippen LogP contribution is 2.20. The number of likely N-dealkylation sites (N-methyl/N-ethyl adjacent to an activating group) is 1. The minimum Gasteiger partial charge on any atom is -0.485 e. The first-order valence-electron chi connectivity index (χ1n) is 6.52. The summed E-state index contributed by atoms with van der Waals surface area (Å²) in [7, 11) is 1.49. The number of primary amides is 1. The highest BCUT2D eigenvalue weighted by atomic mass is 16.5. The van der Waals surface area contributed by atoms with Crippen molar-refractivity contribution < 1.29 is 18.8 Å². The molecule has 2 aromatic rings. The maximum absolute atomic E-state index is 12.3. The minimum absolute atomic E-state index is 0.0706. The molecule has 2 rings (SSSR count). The molecule has 0 atom stereocenters. The molecule has 0 saturated carbocycles. The molecule has 116 valence electrons. The number of aryl methyl sites for hydroxylation is 1. The summed E-state index contributed by atoms with van der Waals surface area (Å²) in [6.07, 6.45) is 0. The molecule has 0 fully saturated rings. The molecule has 22 heavy (non-hydrogen) atoms. The number of carbonyl (C=O) groups is 2. The number of hydrogen-bond donors (Lipinski definition) is 1. The Morgan fingerprint density at radius 2 is 2.09 bits per heavy atom. The molecule has 1 heterocycles. The van der Waals surface area contributed by atoms with E-state index in [9.17, 15) is 9.59 Å². The second kappa shape index (κ2) is 6.70. The fourth-order valence-corrected chi connectivity index (χ4v) is 1.82. The Hall–Kier alpha value is -2.90. The van der Waals surface area contributed by atoms with Crippen LogP contribution in [-0.4, -0.2) is 40.4 Å². The lowest BCUT2D eigenvalue weighted by Crippen LogP contribution is -2.35. The number of ether oxygens (including phenoxy) is 1. The molecule has 0 saturated heterocycles. The summed E-state index contributed by atoms with van der Waals surface area (Å²) in [5, 5.41) is 3.71. The molecule has 0 aliphatic heterocycles. The van der Waals surface area contributed by atoms with Crippen molar-refractivity contribution in [1.82, 2.24) is 15.0 Å². The van der Waals surface area contributed by atoms with E-state index in [0.717, 1.165) is 0 Å². The highest BCUT2D eigenvalue weighted by Gasteiger charge is 2.18. The molecular formula is C14H16N4O4. The van der Waals surface area contributed by atoms with Crippen molar-refractivity contribution in [3.8, 4) is 5.75 Å². The lowest BCUT2D eigenvalue weighted by atomic mass is 10.1. The fourth-order valence-electron chi connectivity index (χ4n) is 1.82. The first kappa shape index (κ1) is 15.5. The lowest BCUT2D eigenvalue weighted by molar-refractivity contribution is -0.118. The van der Waals surface area contributed by atoms with E-state index in [1.807, 2.05) is 0 Å². The molecule has 8 heteroatoms. The van der Waals surface area contributed by atoms with Gasteiger partial charge in [0.1, 0.15) is 5.75 Å². The maximum atomic E-state index is 12.3. The van der Waals surface area contributed by atoms with Gasteiger partial charge in [0.25, 0.3) is 5.91 Å². The number of benzene rings is 1. The van der Waals surface area contributed by atoms with Crippen LogP contribution < -0.4 is 10.5 Å². The van der Waals surface area contributed by atoms with Gasteiger partial charge in [0.15, 0.2) is 6.61 Å². The fraction of sp³-hybridized carbons (Fsp3) is 0.286. The number of carbonyl (C=O) groups excluding carboxylic acids is 2. The van der Waals surface area contributed by atoms with Crippen molar-refractivity contribution in [3.05, 3.63) is 41.5 Å². The van der Waals surface area contributed by atoms with Gasteiger partial charge in [-0.05, 0) is 12.1 Å². The molecule has 1 aromatic heterocycles. The number of aromatic nitrogens is 2. The van der Waals surface area contributed by atoms with E-state index < -0.39 is 5.91 Å². The standard InChI is InChI=1S/C14H16N4O4/c1-9-16-13(17-22-9)8-21-11-6-4-3-5-10(11)14(20)18(2)7-12(15)19/h3-6H,7-8H2,1-2H3,(H2,15,19). The van der Waals surface area contributed by atoms with Gasteiger partial charge in [0, 0.05) is 14.0 Å². The van der Waals surface area contributed by atoms with Crippen LogP contribution in [0.4, 0.5) is 0 Å². The molecule has 0 spiro atoms. The summed E-state index contributed by atoms with van der Waals surface area (Å²) in [6.45, 7) is 1.57. The summed E-state index contributed by atoms with van der Waals surface area (Å²) >= 11 is 0. The van der Waals surface area contributed by atoms with Gasteiger partial charge in [-0.25, -0.2) is 0 Å². The van der Waals surface area contributed by atoms with Crippen molar-refractivity contribution in [1.29, 1.82) is 0 Å². The van der Waals surface area contributed by atoms with E-state index >= 15 is 0 Å². The van der Waals surface area contributed by atoms with Crippen molar-refractivity contribution >= 4 is 11.8 Å². The third-order valence-electron chi connectivity index (χ3n) is 2.78. The van der Waals surface area contributed by atoms with Crippen LogP contribution in [0.3, 0.4) is 0 Å². The molecule has 0 bridgehead atoms. The van der Waals surface area contributed by atoms with E-state index in [-0.39, 0.29) is 19.1 Å². The monoisotopic (exact) mass is 304 g/mol. The van der Waals surface area contributed by atoms with Gasteiger partial charge in [0.05, 0.1) is 12.1 Å². The number of nitrogens with zero attached hydrogens (tertiary/aromatic N) is 3. The van der Waals surface area contributed by atoms with E-state index in [1.54, 1.807) is 31.2 Å². The molecular weight excluding hydrogens is 288 g/mol. The summed E-state index contributed by atoms with van der Waals surface area (Å²) in [5.74, 6) is 0.232. The first-order valence-corrected chi connectivity index (χ1v) is 6.52. The molecule has 0 aliphatic carbocycles. The molecule has 2 N–H and O–H groups in total. The van der Waals surface area contributed by atoms with E-state index in [4.69, 9.17) is 15.0 Å². The molecule has 0 radical (unpaired) electrons. The highest BCUT2D eigenvalue weighted by molar-refractivity contribution is 5.98. The van der Waals surface area contributed by atoms with Crippen LogP contribution >= 0.6 is 0 Å². The SMILES string of the molecule is Cc1nc(COc2ccccc2C(=O)N(C)CC(N)=O)no1. The Bertz CT molecular complexity index is 683. The molecule has 0 aliphatic rings. The van der Waals surface area contributed by atoms with Gasteiger partial charge >= 0.3 is 0 Å². The second-order valence-electron chi connectivity index (χ2n) is 4.64. The zero-order chi connectivity index (χ0) is 16.1. The average molecular weight is 304 g/mol. The van der Waals surface area contributed by atoms with Crippen LogP contribution in [0.25, 0.3) is 0 Å². The van der Waals surface area contributed by atoms with Gasteiger partial charge in [-0.2, -0.15) is 4.98 Å². The van der Waals surface area contributed by atoms with Gasteiger partial charge in [-0.3, -0.25) is 9.59 Å². The smallest absolute Gasteiger partial charge is 0.257 e. The van der Waals surface area contributed by atoms with Crippen molar-refractivity contribution in [2.24, 2.45) is 5.73 Å². The molecule has 1 aromatic carbocycles. The number of hydrogen-bond acceptors (Lipinski definition) is 6. The summed E-state index contributed by atoms with van der Waals surface area (Å²) in [5.41, 5.74) is 5.42. The zero-order valence-corrected chi connectivity index (χ0v) is 12.3. The topological polar surface area (TPSA) is 112 Å². The Morgan fingerprint density at radius 1 is 1.36 bits per heavy atom. The van der Waals surface area contributed by atoms with Crippen LogP contribution in [-0.2, 0) is 11.4 Å². The predicted molar refractivity (Wildman–Crippen MR) is 76.0 cm³/mol. The summed E-state index contributed by atoms with van der Waals surface area (Å²) in [6, 6.07) is 6.70. The third kappa shape index (κ3) is 3.81. The zero-order valence-electron chi connectivity index (χ0n) is 12.3. The predicted octanol–water partition coefficient (Wildman–Crippen LogP) is 0.514. The Balaban J connectivity index is 2.12. The van der Waals surface area contributed by atoms with Gasteiger partial charge in [0.2, 0.25) is 17.6 Å². The Morgan fingerprint density at radius 3 is 2.73 bits per heavy atom. The van der Waals surface area contributed by atoms with Gasteiger partial charge in [-0.1, -0.05) is 17.3 Å². The van der Waals surface area contributed by atoms with E-state index in [0.29, 0.717) is 23.0 Å². The van der Waals surface area contributed by atoms with Crippen molar-refractivity contribution in [2.75, 3.05) is 13.6 Å². The van der Waals surface area contributed by atoms with Crippen LogP contribution in [0, 0.1) is 6.92 Å². The summed E-state index contributed by atoms with van der Waals surface area (Å²) in [4.78, 5) is 28.5. The summed E-state index contributed by atoms with van der Waals surface area (Å²) < 4.78 is 10.4. The minimum atomic E-state index is -0.587. The molecule has 8 nitrogen and oxygen atoms in total. The first-order chi connectivity index (χ1) is 10.5. The van der Waals surface area contributed by atoms with Crippen LogP contribution in [0.5, 0.6) is 5.75 Å². The van der Waals surface area contributed by atoms with E-state index in [1.165, 1.54) is 11.9 Å². The molecule has 0 unspecified atom stereocenters. The van der Waals surface area contributed by atoms with Crippen LogP contribution in [0.2, 0.25) is 0 Å². The number of rotatable bonds is 6.